The summed E-state index contributed by atoms with van der Waals surface area (Å²) in [6.45, 7) is 23.6. The molecule has 0 aromatic heterocycles. The molecule has 0 aliphatic rings. The number of anilines is 4. The van der Waals surface area contributed by atoms with Gasteiger partial charge in [0, 0.05) is 40.4 Å². The fraction of sp³-hybridized carbons (Fsp3) is 0.681. The minimum atomic E-state index is -0.445. The molecule has 0 saturated carbocycles. The molecule has 0 unspecified atom stereocenters. The first kappa shape index (κ1) is 88.6. The Bertz CT molecular complexity index is 3010. The van der Waals surface area contributed by atoms with Crippen molar-refractivity contribution in [3.63, 3.8) is 0 Å². The van der Waals surface area contributed by atoms with Crippen LogP contribution in [0.4, 0.5) is 32.3 Å². The third-order valence-electron chi connectivity index (χ3n) is 21.1. The normalized spacial score (nSPS) is 11.7. The summed E-state index contributed by atoms with van der Waals surface area (Å²) >= 11 is 0. The van der Waals surface area contributed by atoms with Gasteiger partial charge in [0.05, 0.1) is 62.4 Å². The highest BCUT2D eigenvalue weighted by Gasteiger charge is 2.24. The van der Waals surface area contributed by atoms with Crippen LogP contribution in [-0.2, 0) is 5.41 Å². The first-order valence-electron chi connectivity index (χ1n) is 44.0. The molecule has 0 spiro atoms. The van der Waals surface area contributed by atoms with Crippen LogP contribution in [0.15, 0.2) is 66.7 Å². The first-order valence-corrected chi connectivity index (χ1v) is 44.0. The minimum Gasteiger partial charge on any atom is -0.489 e. The quantitative estimate of drug-likeness (QED) is 0.0219. The number of rotatable bonds is 64. The summed E-state index contributed by atoms with van der Waals surface area (Å²) in [5.41, 5.74) is 3.29. The number of benzene rings is 6. The maximum atomic E-state index is 15.0. The lowest BCUT2D eigenvalue weighted by atomic mass is 9.83. The van der Waals surface area contributed by atoms with Gasteiger partial charge >= 0.3 is 12.1 Å². The van der Waals surface area contributed by atoms with Crippen LogP contribution < -0.4 is 49.7 Å². The second-order valence-corrected chi connectivity index (χ2v) is 31.8. The molecule has 4 N–H and O–H groups in total. The predicted molar refractivity (Wildman–Crippen MR) is 456 cm³/mol. The lowest BCUT2D eigenvalue weighted by molar-refractivity contribution is 0.234. The molecule has 106 heavy (non-hydrogen) atoms. The van der Waals surface area contributed by atoms with E-state index in [0.29, 0.717) is 96.9 Å². The molecule has 12 nitrogen and oxygen atoms in total. The molecule has 0 aliphatic heterocycles. The smallest absolute Gasteiger partial charge is 0.323 e. The highest BCUT2D eigenvalue weighted by molar-refractivity contribution is 6.29. The molecule has 6 rings (SSSR count). The Labute approximate surface area is 645 Å². The van der Waals surface area contributed by atoms with Crippen LogP contribution in [0.1, 0.15) is 376 Å². The molecule has 12 heteroatoms. The van der Waals surface area contributed by atoms with Crippen molar-refractivity contribution in [1.29, 1.82) is 0 Å². The number of urea groups is 2. The van der Waals surface area contributed by atoms with Crippen molar-refractivity contribution in [3.05, 3.63) is 72.3 Å². The van der Waals surface area contributed by atoms with Gasteiger partial charge in [0.2, 0.25) is 11.5 Å². The highest BCUT2D eigenvalue weighted by Crippen LogP contribution is 2.46. The molecule has 6 aromatic rings. The predicted octanol–water partition coefficient (Wildman–Crippen LogP) is 30.3. The Hall–Kier alpha value is -6.30. The van der Waals surface area contributed by atoms with E-state index in [1.807, 2.05) is 30.3 Å². The Morgan fingerprint density at radius 2 is 0.509 bits per heavy atom. The van der Waals surface area contributed by atoms with Gasteiger partial charge in [0.25, 0.3) is 0 Å². The fourth-order valence-electron chi connectivity index (χ4n) is 14.6. The van der Waals surface area contributed by atoms with Crippen molar-refractivity contribution in [1.82, 2.24) is 0 Å². The third kappa shape index (κ3) is 34.1. The third-order valence-corrected chi connectivity index (χ3v) is 21.1. The number of unbranched alkanes of at least 4 members (excludes halogenated alkanes) is 42. The van der Waals surface area contributed by atoms with Gasteiger partial charge in [-0.1, -0.05) is 368 Å². The molecular formula is C94H150N4O8. The van der Waals surface area contributed by atoms with E-state index in [2.05, 4.69) is 120 Å². The monoisotopic (exact) mass is 1460 g/mol. The molecule has 0 atom stereocenters. The van der Waals surface area contributed by atoms with E-state index in [-0.39, 0.29) is 5.41 Å². The fourth-order valence-corrected chi connectivity index (χ4v) is 14.6. The second-order valence-electron chi connectivity index (χ2n) is 31.8. The summed E-state index contributed by atoms with van der Waals surface area (Å²) in [5, 5.41) is 19.0. The zero-order valence-electron chi connectivity index (χ0n) is 68.8. The number of carbonyl (C=O) groups excluding carboxylic acids is 2. The van der Waals surface area contributed by atoms with E-state index in [0.717, 1.165) is 109 Å². The van der Waals surface area contributed by atoms with Crippen molar-refractivity contribution < 1.29 is 38.0 Å². The molecule has 4 amide bonds. The van der Waals surface area contributed by atoms with Crippen LogP contribution in [0.2, 0.25) is 0 Å². The number of ether oxygens (including phenoxy) is 6. The SMILES string of the molecule is CCCCCCCCCCOc1cc(NC(=O)Nc2cc(NC(=O)Nc3cc(OCCCCCCCCCC)c(OCCCCCCCCCC)c(OCCCCCCCCCC)c3)c3ccc4cc(C(C)(C)C)cc5ccc2c3c54)cc(OCCCCCCCCCC)c1OCCCCCCCCCC. The average molecular weight is 1460 g/mol. The van der Waals surface area contributed by atoms with Crippen molar-refractivity contribution >= 4 is 67.1 Å². The van der Waals surface area contributed by atoms with Crippen LogP contribution in [0, 0.1) is 0 Å². The second kappa shape index (κ2) is 54.3. The summed E-state index contributed by atoms with van der Waals surface area (Å²) in [4.78, 5) is 30.0. The Morgan fingerprint density at radius 3 is 0.755 bits per heavy atom. The maximum Gasteiger partial charge on any atom is 0.323 e. The summed E-state index contributed by atoms with van der Waals surface area (Å²) in [5.74, 6) is 3.51. The summed E-state index contributed by atoms with van der Waals surface area (Å²) in [6.07, 6.45) is 57.4. The van der Waals surface area contributed by atoms with Gasteiger partial charge < -0.3 is 49.7 Å². The van der Waals surface area contributed by atoms with Gasteiger partial charge in [0.15, 0.2) is 23.0 Å². The average Bonchev–Trinajstić information content (AvgIpc) is 0.726. The van der Waals surface area contributed by atoms with Crippen molar-refractivity contribution in [2.45, 2.75) is 376 Å². The van der Waals surface area contributed by atoms with E-state index in [1.165, 1.54) is 237 Å². The lowest BCUT2D eigenvalue weighted by Gasteiger charge is -2.23. The van der Waals surface area contributed by atoms with Crippen LogP contribution in [-0.4, -0.2) is 51.7 Å². The minimum absolute atomic E-state index is 0.0942. The summed E-state index contributed by atoms with van der Waals surface area (Å²) in [6, 6.07) is 21.7. The van der Waals surface area contributed by atoms with Gasteiger partial charge in [-0.15, -0.1) is 0 Å². The standard InChI is InChI=1S/C94H150N4O8/c1-10-16-22-28-34-40-46-52-62-101-84-70-78(71-85(102-63-53-47-41-35-29-23-17-11-2)90(84)105-66-56-50-44-38-32-26-20-14-5)95-92(99)97-82-74-83(81-61-59-76-69-77(94(7,8)9)68-75-58-60-80(82)89(81)88(75)76)98-93(100)96-79-72-86(103-64-54-48-42-36-30-24-18-12-3)91(106-67-57-51-45-39-33-27-21-15-6)87(73-79)104-65-55-49-43-37-31-25-19-13-4/h58-61,68-74H,10-57,62-67H2,1-9H3,(H2,95,97,99)(H2,96,98,100). The van der Waals surface area contributed by atoms with E-state index in [4.69, 9.17) is 28.4 Å². The van der Waals surface area contributed by atoms with E-state index in [9.17, 15) is 0 Å². The van der Waals surface area contributed by atoms with Gasteiger partial charge in [-0.05, 0) is 71.7 Å². The number of hydrogen-bond donors (Lipinski definition) is 4. The van der Waals surface area contributed by atoms with Crippen molar-refractivity contribution in [3.8, 4) is 34.5 Å². The number of amides is 4. The van der Waals surface area contributed by atoms with Gasteiger partial charge in [-0.25, -0.2) is 9.59 Å². The van der Waals surface area contributed by atoms with Crippen molar-refractivity contribution in [2.75, 3.05) is 60.9 Å². The summed E-state index contributed by atoms with van der Waals surface area (Å²) < 4.78 is 40.4. The van der Waals surface area contributed by atoms with Gasteiger partial charge in [-0.2, -0.15) is 0 Å². The van der Waals surface area contributed by atoms with E-state index in [1.54, 1.807) is 0 Å². The molecule has 0 heterocycles. The molecule has 594 valence electrons. The van der Waals surface area contributed by atoms with Crippen LogP contribution >= 0.6 is 0 Å². The molecule has 6 aromatic carbocycles. The zero-order chi connectivity index (χ0) is 75.5. The largest absolute Gasteiger partial charge is 0.489 e. The Morgan fingerprint density at radius 1 is 0.274 bits per heavy atom. The van der Waals surface area contributed by atoms with Gasteiger partial charge in [-0.3, -0.25) is 0 Å². The summed E-state index contributed by atoms with van der Waals surface area (Å²) in [7, 11) is 0. The molecule has 0 aliphatic carbocycles. The highest BCUT2D eigenvalue weighted by atomic mass is 16.5. The molecular weight excluding hydrogens is 1310 g/mol. The number of carbonyl (C=O) groups is 2. The van der Waals surface area contributed by atoms with Crippen LogP contribution in [0.5, 0.6) is 34.5 Å². The zero-order valence-corrected chi connectivity index (χ0v) is 68.8. The van der Waals surface area contributed by atoms with Crippen LogP contribution in [0.3, 0.4) is 0 Å². The van der Waals surface area contributed by atoms with E-state index < -0.39 is 12.1 Å². The number of hydrogen-bond acceptors (Lipinski definition) is 8. The maximum absolute atomic E-state index is 15.0. The van der Waals surface area contributed by atoms with Crippen molar-refractivity contribution in [2.24, 2.45) is 0 Å². The molecule has 0 fully saturated rings. The molecule has 0 radical (unpaired) electrons. The molecule has 0 saturated heterocycles. The van der Waals surface area contributed by atoms with Gasteiger partial charge in [0.1, 0.15) is 0 Å². The Kier molecular flexibility index (Phi) is 45.4. The Balaban J connectivity index is 1.33. The first-order chi connectivity index (χ1) is 51.9. The van der Waals surface area contributed by atoms with Crippen LogP contribution in [0.25, 0.3) is 32.3 Å². The number of nitrogens with one attached hydrogen (secondary N) is 4. The topological polar surface area (TPSA) is 138 Å². The van der Waals surface area contributed by atoms with E-state index >= 15 is 9.59 Å². The molecule has 0 bridgehead atoms. The lowest BCUT2D eigenvalue weighted by Crippen LogP contribution is -2.22.